The largest absolute Gasteiger partial charge is 0.489 e. The summed E-state index contributed by atoms with van der Waals surface area (Å²) in [4.78, 5) is 14.6. The zero-order chi connectivity index (χ0) is 23.8. The van der Waals surface area contributed by atoms with E-state index < -0.39 is 5.60 Å². The molecule has 0 atom stereocenters. The van der Waals surface area contributed by atoms with Gasteiger partial charge in [-0.3, -0.25) is 4.90 Å². The molecule has 3 aromatic carbocycles. The third-order valence-electron chi connectivity index (χ3n) is 6.42. The van der Waals surface area contributed by atoms with Gasteiger partial charge in [0.2, 0.25) is 0 Å². The van der Waals surface area contributed by atoms with Crippen molar-refractivity contribution in [2.75, 3.05) is 26.2 Å². The molecule has 0 saturated carbocycles. The second-order valence-electron chi connectivity index (χ2n) is 9.16. The Labute approximate surface area is 201 Å². The van der Waals surface area contributed by atoms with Crippen molar-refractivity contribution >= 4 is 5.97 Å². The fourth-order valence-corrected chi connectivity index (χ4v) is 4.23. The van der Waals surface area contributed by atoms with Crippen LogP contribution in [0.3, 0.4) is 0 Å². The molecule has 34 heavy (non-hydrogen) atoms. The van der Waals surface area contributed by atoms with Gasteiger partial charge in [0, 0.05) is 26.1 Å². The van der Waals surface area contributed by atoms with Crippen molar-refractivity contribution in [3.63, 3.8) is 0 Å². The second-order valence-corrected chi connectivity index (χ2v) is 9.16. The van der Waals surface area contributed by atoms with Gasteiger partial charge in [-0.25, -0.2) is 4.79 Å². The number of ether oxygens (including phenoxy) is 2. The maximum absolute atomic E-state index is 12.4. The molecule has 5 nitrogen and oxygen atoms in total. The highest BCUT2D eigenvalue weighted by Gasteiger charge is 2.32. The number of benzene rings is 3. The summed E-state index contributed by atoms with van der Waals surface area (Å²) in [6, 6.07) is 25.4. The van der Waals surface area contributed by atoms with E-state index >= 15 is 0 Å². The van der Waals surface area contributed by atoms with Crippen molar-refractivity contribution in [3.05, 3.63) is 101 Å². The van der Waals surface area contributed by atoms with Crippen molar-refractivity contribution in [1.29, 1.82) is 0 Å². The number of hydrogen-bond acceptors (Lipinski definition) is 5. The quantitative estimate of drug-likeness (QED) is 0.466. The number of rotatable bonds is 9. The van der Waals surface area contributed by atoms with Crippen LogP contribution in [0, 0.1) is 6.92 Å². The number of piperidine rings is 1. The molecule has 1 heterocycles. The highest BCUT2D eigenvalue weighted by atomic mass is 16.5. The molecule has 4 rings (SSSR count). The molecule has 0 aliphatic carbocycles. The smallest absolute Gasteiger partial charge is 0.338 e. The predicted molar refractivity (Wildman–Crippen MR) is 133 cm³/mol. The molecule has 0 bridgehead atoms. The van der Waals surface area contributed by atoms with E-state index in [2.05, 4.69) is 36.1 Å². The zero-order valence-corrected chi connectivity index (χ0v) is 19.8. The van der Waals surface area contributed by atoms with Crippen molar-refractivity contribution < 1.29 is 19.4 Å². The lowest BCUT2D eigenvalue weighted by molar-refractivity contribution is -0.0249. The molecule has 5 heteroatoms. The molecular formula is C29H33NO4. The lowest BCUT2D eigenvalue weighted by Crippen LogP contribution is -2.46. The molecule has 1 aliphatic rings. The average molecular weight is 460 g/mol. The van der Waals surface area contributed by atoms with Gasteiger partial charge in [0.15, 0.2) is 0 Å². The number of likely N-dealkylation sites (tertiary alicyclic amines) is 1. The number of aliphatic hydroxyl groups is 1. The summed E-state index contributed by atoms with van der Waals surface area (Å²) in [6.07, 6.45) is 2.12. The number of carbonyl (C=O) groups excluding carboxylic acids is 1. The van der Waals surface area contributed by atoms with Crippen LogP contribution in [0.4, 0.5) is 0 Å². The predicted octanol–water partition coefficient (Wildman–Crippen LogP) is 4.80. The molecular weight excluding hydrogens is 426 g/mol. The van der Waals surface area contributed by atoms with E-state index in [4.69, 9.17) is 9.47 Å². The maximum atomic E-state index is 12.4. The number of carbonyl (C=O) groups is 1. The van der Waals surface area contributed by atoms with E-state index in [9.17, 15) is 9.90 Å². The molecule has 3 aromatic rings. The van der Waals surface area contributed by atoms with Gasteiger partial charge in [-0.2, -0.15) is 0 Å². The van der Waals surface area contributed by atoms with Crippen molar-refractivity contribution in [2.24, 2.45) is 0 Å². The Kier molecular flexibility index (Phi) is 7.99. The Balaban J connectivity index is 1.16. The monoisotopic (exact) mass is 459 g/mol. The third kappa shape index (κ3) is 6.92. The molecule has 0 unspecified atom stereocenters. The van der Waals surface area contributed by atoms with E-state index in [1.807, 2.05) is 30.3 Å². The molecule has 0 spiro atoms. The summed E-state index contributed by atoms with van der Waals surface area (Å²) in [7, 11) is 0. The van der Waals surface area contributed by atoms with Crippen LogP contribution in [0.5, 0.6) is 5.75 Å². The third-order valence-corrected chi connectivity index (χ3v) is 6.42. The Morgan fingerprint density at radius 2 is 1.59 bits per heavy atom. The molecule has 1 fully saturated rings. The molecule has 0 radical (unpaired) electrons. The highest BCUT2D eigenvalue weighted by Crippen LogP contribution is 2.26. The number of aryl methyl sites for hydroxylation is 1. The summed E-state index contributed by atoms with van der Waals surface area (Å²) in [6.45, 7) is 5.16. The summed E-state index contributed by atoms with van der Waals surface area (Å²) in [5.41, 5.74) is 3.35. The maximum Gasteiger partial charge on any atom is 0.338 e. The van der Waals surface area contributed by atoms with E-state index in [-0.39, 0.29) is 5.97 Å². The van der Waals surface area contributed by atoms with Gasteiger partial charge in [0.25, 0.3) is 0 Å². The van der Waals surface area contributed by atoms with Gasteiger partial charge in [-0.15, -0.1) is 0 Å². The first kappa shape index (κ1) is 24.0. The van der Waals surface area contributed by atoms with Gasteiger partial charge in [0.1, 0.15) is 19.0 Å². The number of hydrogen-bond donors (Lipinski definition) is 1. The van der Waals surface area contributed by atoms with E-state index in [1.54, 1.807) is 24.3 Å². The standard InChI is InChI=1S/C29H33NO4/c1-23-7-9-24(10-8-23)21-29(32)15-17-30(18-16-29)19-20-33-28(31)26-11-13-27(14-12-26)34-22-25-5-3-2-4-6-25/h2-14,32H,15-22H2,1H3. The minimum atomic E-state index is -0.660. The normalized spacial score (nSPS) is 15.6. The first-order chi connectivity index (χ1) is 16.5. The lowest BCUT2D eigenvalue weighted by Gasteiger charge is -2.38. The summed E-state index contributed by atoms with van der Waals surface area (Å²) < 4.78 is 11.2. The van der Waals surface area contributed by atoms with Crippen molar-refractivity contribution in [3.8, 4) is 5.75 Å². The van der Waals surface area contributed by atoms with Gasteiger partial charge in [-0.05, 0) is 55.2 Å². The fraction of sp³-hybridized carbons (Fsp3) is 0.345. The van der Waals surface area contributed by atoms with Gasteiger partial charge in [-0.1, -0.05) is 60.2 Å². The average Bonchev–Trinajstić information content (AvgIpc) is 2.86. The van der Waals surface area contributed by atoms with Crippen molar-refractivity contribution in [1.82, 2.24) is 4.90 Å². The van der Waals surface area contributed by atoms with Crippen molar-refractivity contribution in [2.45, 2.75) is 38.4 Å². The Hall–Kier alpha value is -3.15. The Bertz CT molecular complexity index is 1040. The Morgan fingerprint density at radius 1 is 0.912 bits per heavy atom. The zero-order valence-electron chi connectivity index (χ0n) is 19.8. The van der Waals surface area contributed by atoms with Crippen LogP contribution in [0.2, 0.25) is 0 Å². The van der Waals surface area contributed by atoms with E-state index in [0.717, 1.165) is 31.5 Å². The minimum absolute atomic E-state index is 0.331. The van der Waals surface area contributed by atoms with Crippen LogP contribution >= 0.6 is 0 Å². The van der Waals surface area contributed by atoms with Gasteiger partial charge < -0.3 is 14.6 Å². The molecule has 1 saturated heterocycles. The van der Waals surface area contributed by atoms with E-state index in [1.165, 1.54) is 11.1 Å². The minimum Gasteiger partial charge on any atom is -0.489 e. The highest BCUT2D eigenvalue weighted by molar-refractivity contribution is 5.89. The summed E-state index contributed by atoms with van der Waals surface area (Å²) in [5, 5.41) is 11.0. The van der Waals surface area contributed by atoms with Crippen LogP contribution in [0.1, 0.15) is 39.9 Å². The molecule has 0 aromatic heterocycles. The molecule has 0 amide bonds. The fourth-order valence-electron chi connectivity index (χ4n) is 4.23. The van der Waals surface area contributed by atoms with E-state index in [0.29, 0.717) is 37.5 Å². The Morgan fingerprint density at radius 3 is 2.26 bits per heavy atom. The van der Waals surface area contributed by atoms with Crippen LogP contribution in [0.15, 0.2) is 78.9 Å². The topological polar surface area (TPSA) is 59.0 Å². The molecule has 1 aliphatic heterocycles. The van der Waals surface area contributed by atoms with Gasteiger partial charge >= 0.3 is 5.97 Å². The first-order valence-electron chi connectivity index (χ1n) is 11.9. The molecule has 178 valence electrons. The van der Waals surface area contributed by atoms with Gasteiger partial charge in [0.05, 0.1) is 11.2 Å². The van der Waals surface area contributed by atoms with Crippen LogP contribution in [0.25, 0.3) is 0 Å². The number of esters is 1. The molecule has 1 N–H and O–H groups in total. The van der Waals surface area contributed by atoms with Crippen LogP contribution in [-0.4, -0.2) is 47.8 Å². The van der Waals surface area contributed by atoms with Crippen LogP contribution < -0.4 is 4.74 Å². The summed E-state index contributed by atoms with van der Waals surface area (Å²) in [5.74, 6) is 0.384. The number of nitrogens with zero attached hydrogens (tertiary/aromatic N) is 1. The second kappa shape index (κ2) is 11.3. The lowest BCUT2D eigenvalue weighted by atomic mass is 9.85. The SMILES string of the molecule is Cc1ccc(CC2(O)CCN(CCOC(=O)c3ccc(OCc4ccccc4)cc3)CC2)cc1. The first-order valence-corrected chi connectivity index (χ1v) is 11.9. The summed E-state index contributed by atoms with van der Waals surface area (Å²) >= 11 is 0. The van der Waals surface area contributed by atoms with Crippen LogP contribution in [-0.2, 0) is 17.8 Å².